The van der Waals surface area contributed by atoms with E-state index in [0.29, 0.717) is 17.2 Å². The van der Waals surface area contributed by atoms with Crippen LogP contribution >= 0.6 is 0 Å². The van der Waals surface area contributed by atoms with Gasteiger partial charge in [0.1, 0.15) is 5.75 Å². The Bertz CT molecular complexity index is 1350. The number of phenolic OH excluding ortho intramolecular Hbond substituents is 1. The van der Waals surface area contributed by atoms with E-state index in [2.05, 4.69) is 12.2 Å². The van der Waals surface area contributed by atoms with Gasteiger partial charge in [-0.2, -0.15) is 0 Å². The fourth-order valence-corrected chi connectivity index (χ4v) is 6.28. The molecule has 1 spiro atoms. The molecular formula is C27H26N2O6. The molecule has 2 heterocycles. The van der Waals surface area contributed by atoms with E-state index in [1.165, 1.54) is 6.07 Å². The van der Waals surface area contributed by atoms with Gasteiger partial charge in [0.25, 0.3) is 5.69 Å². The number of ether oxygens (including phenoxy) is 2. The number of fused-ring (bicyclic) bond motifs is 4. The molecule has 0 amide bonds. The molecule has 2 aromatic carbocycles. The summed E-state index contributed by atoms with van der Waals surface area (Å²) in [6, 6.07) is 8.09. The SMILES string of the molecule is CN1c2ccc(OC(=O)C3CC4C=CC3C4)cc2C(C)(C)[C@]12C=Cc1cc([N+](=O)[O-])cc(O)c1O2. The summed E-state index contributed by atoms with van der Waals surface area (Å²) in [6.07, 6.45) is 9.84. The van der Waals surface area contributed by atoms with Crippen LogP contribution in [-0.4, -0.2) is 28.8 Å². The third-order valence-electron chi connectivity index (χ3n) is 8.24. The minimum atomic E-state index is -0.992. The summed E-state index contributed by atoms with van der Waals surface area (Å²) in [6.45, 7) is 4.05. The number of nitrogens with zero attached hydrogens (tertiary/aromatic N) is 2. The quantitative estimate of drug-likeness (QED) is 0.221. The van der Waals surface area contributed by atoms with Crippen LogP contribution in [0.1, 0.15) is 37.8 Å². The Morgan fingerprint density at radius 2 is 2.03 bits per heavy atom. The van der Waals surface area contributed by atoms with Gasteiger partial charge in [-0.3, -0.25) is 14.9 Å². The number of hydrogen-bond donors (Lipinski definition) is 1. The molecule has 1 N–H and O–H groups in total. The highest BCUT2D eigenvalue weighted by Gasteiger charge is 2.58. The Kier molecular flexibility index (Phi) is 4.40. The molecule has 2 aliphatic carbocycles. The maximum atomic E-state index is 12.9. The number of non-ortho nitro benzene ring substituents is 1. The van der Waals surface area contributed by atoms with E-state index in [9.17, 15) is 20.0 Å². The standard InChI is InChI=1S/C27H26N2O6/c1-26(2)21-14-19(34-25(31)20-11-15-4-5-16(20)10-15)6-7-22(21)28(3)27(26)9-8-17-12-18(29(32)33)13-23(30)24(17)35-27/h4-9,12-16,20,30H,10-11H2,1-3H3/t15?,16?,20?,27-/m1/s1. The summed E-state index contributed by atoms with van der Waals surface area (Å²) in [5.74, 6) is 0.897. The number of phenols is 1. The van der Waals surface area contributed by atoms with Crippen molar-refractivity contribution in [2.24, 2.45) is 17.8 Å². The van der Waals surface area contributed by atoms with Gasteiger partial charge in [-0.05, 0) is 74.4 Å². The average Bonchev–Trinajstić information content (AvgIpc) is 3.50. The van der Waals surface area contributed by atoms with E-state index in [-0.39, 0.29) is 35.0 Å². The molecule has 0 saturated heterocycles. The second-order valence-electron chi connectivity index (χ2n) is 10.4. The molecule has 2 bridgehead atoms. The zero-order valence-electron chi connectivity index (χ0n) is 19.7. The molecule has 4 aliphatic rings. The van der Waals surface area contributed by atoms with Crippen molar-refractivity contribution in [2.45, 2.75) is 37.8 Å². The Balaban J connectivity index is 1.33. The number of benzene rings is 2. The molecule has 1 saturated carbocycles. The van der Waals surface area contributed by atoms with Crippen molar-refractivity contribution in [3.63, 3.8) is 0 Å². The molecule has 0 radical (unpaired) electrons. The van der Waals surface area contributed by atoms with E-state index in [4.69, 9.17) is 9.47 Å². The summed E-state index contributed by atoms with van der Waals surface area (Å²) in [5, 5.41) is 21.8. The lowest BCUT2D eigenvalue weighted by Crippen LogP contribution is -2.58. The van der Waals surface area contributed by atoms with Crippen LogP contribution in [0.2, 0.25) is 0 Å². The van der Waals surface area contributed by atoms with Crippen LogP contribution in [0.3, 0.4) is 0 Å². The summed E-state index contributed by atoms with van der Waals surface area (Å²) in [5.41, 5.74) is 0.479. The summed E-state index contributed by atoms with van der Waals surface area (Å²) in [7, 11) is 1.90. The van der Waals surface area contributed by atoms with Gasteiger partial charge in [0.2, 0.25) is 5.72 Å². The summed E-state index contributed by atoms with van der Waals surface area (Å²) >= 11 is 0. The Labute approximate surface area is 202 Å². The second kappa shape index (κ2) is 7.10. The van der Waals surface area contributed by atoms with E-state index < -0.39 is 16.1 Å². The van der Waals surface area contributed by atoms with Gasteiger partial charge in [0.05, 0.1) is 22.3 Å². The highest BCUT2D eigenvalue weighted by Crippen LogP contribution is 2.56. The molecule has 0 aromatic heterocycles. The predicted molar refractivity (Wildman–Crippen MR) is 130 cm³/mol. The third-order valence-corrected chi connectivity index (χ3v) is 8.24. The largest absolute Gasteiger partial charge is 0.504 e. The minimum Gasteiger partial charge on any atom is -0.504 e. The van der Waals surface area contributed by atoms with E-state index in [1.54, 1.807) is 12.1 Å². The second-order valence-corrected chi connectivity index (χ2v) is 10.4. The highest BCUT2D eigenvalue weighted by molar-refractivity contribution is 5.78. The maximum Gasteiger partial charge on any atom is 0.314 e. The van der Waals surface area contributed by atoms with E-state index >= 15 is 0 Å². The lowest BCUT2D eigenvalue weighted by molar-refractivity contribution is -0.385. The minimum absolute atomic E-state index is 0.0894. The van der Waals surface area contributed by atoms with Gasteiger partial charge in [-0.25, -0.2) is 0 Å². The molecule has 180 valence electrons. The maximum absolute atomic E-state index is 12.9. The number of hydrogen-bond acceptors (Lipinski definition) is 7. The van der Waals surface area contributed by atoms with Crippen molar-refractivity contribution in [1.82, 2.24) is 0 Å². The molecule has 8 heteroatoms. The van der Waals surface area contributed by atoms with Crippen molar-refractivity contribution in [3.05, 3.63) is 69.8 Å². The van der Waals surface area contributed by atoms with Crippen molar-refractivity contribution < 1.29 is 24.3 Å². The van der Waals surface area contributed by atoms with Gasteiger partial charge in [-0.15, -0.1) is 0 Å². The first-order valence-electron chi connectivity index (χ1n) is 11.8. The molecule has 2 aliphatic heterocycles. The molecule has 8 nitrogen and oxygen atoms in total. The molecule has 6 rings (SSSR count). The number of aromatic hydroxyl groups is 1. The first-order valence-corrected chi connectivity index (χ1v) is 11.8. The molecule has 4 atom stereocenters. The lowest BCUT2D eigenvalue weighted by atomic mass is 9.76. The first-order chi connectivity index (χ1) is 16.6. The van der Waals surface area contributed by atoms with Crippen molar-refractivity contribution in [2.75, 3.05) is 11.9 Å². The first kappa shape index (κ1) is 21.7. The van der Waals surface area contributed by atoms with Crippen LogP contribution in [0.25, 0.3) is 6.08 Å². The fraction of sp³-hybridized carbons (Fsp3) is 0.370. The van der Waals surface area contributed by atoms with Crippen molar-refractivity contribution in [3.8, 4) is 17.2 Å². The number of carbonyl (C=O) groups excluding carboxylic acids is 1. The topological polar surface area (TPSA) is 102 Å². The van der Waals surface area contributed by atoms with Gasteiger partial charge in [0, 0.05) is 24.4 Å². The fourth-order valence-electron chi connectivity index (χ4n) is 6.28. The predicted octanol–water partition coefficient (Wildman–Crippen LogP) is 4.95. The number of anilines is 1. The molecule has 1 fully saturated rings. The third kappa shape index (κ3) is 2.95. The molecule has 35 heavy (non-hydrogen) atoms. The smallest absolute Gasteiger partial charge is 0.314 e. The highest BCUT2D eigenvalue weighted by atomic mass is 16.6. The zero-order chi connectivity index (χ0) is 24.7. The molecule has 2 aromatic rings. The number of nitro groups is 1. The Morgan fingerprint density at radius 1 is 1.23 bits per heavy atom. The van der Waals surface area contributed by atoms with Crippen LogP contribution in [0, 0.1) is 27.9 Å². The monoisotopic (exact) mass is 474 g/mol. The van der Waals surface area contributed by atoms with Gasteiger partial charge < -0.3 is 19.5 Å². The van der Waals surface area contributed by atoms with Gasteiger partial charge >= 0.3 is 5.97 Å². The Hall–Kier alpha value is -3.81. The normalized spacial score (nSPS) is 28.7. The van der Waals surface area contributed by atoms with Crippen LogP contribution in [-0.2, 0) is 10.2 Å². The summed E-state index contributed by atoms with van der Waals surface area (Å²) < 4.78 is 12.3. The number of rotatable bonds is 3. The number of carbonyl (C=O) groups is 1. The lowest BCUT2D eigenvalue weighted by Gasteiger charge is -2.45. The Morgan fingerprint density at radius 3 is 2.71 bits per heavy atom. The van der Waals surface area contributed by atoms with Crippen LogP contribution < -0.4 is 14.4 Å². The summed E-state index contributed by atoms with van der Waals surface area (Å²) in [4.78, 5) is 25.5. The van der Waals surface area contributed by atoms with Gasteiger partial charge in [0.15, 0.2) is 11.5 Å². The van der Waals surface area contributed by atoms with Crippen molar-refractivity contribution in [1.29, 1.82) is 0 Å². The number of nitro benzene ring substituents is 1. The van der Waals surface area contributed by atoms with Crippen LogP contribution in [0.5, 0.6) is 17.2 Å². The number of allylic oxidation sites excluding steroid dienone is 2. The number of likely N-dealkylation sites (N-methyl/N-ethyl adjacent to an activating group) is 1. The van der Waals surface area contributed by atoms with E-state index in [1.807, 2.05) is 44.0 Å². The van der Waals surface area contributed by atoms with Crippen LogP contribution in [0.4, 0.5) is 11.4 Å². The zero-order valence-corrected chi connectivity index (χ0v) is 19.7. The van der Waals surface area contributed by atoms with Gasteiger partial charge in [-0.1, -0.05) is 12.2 Å². The molecule has 3 unspecified atom stereocenters. The number of esters is 1. The van der Waals surface area contributed by atoms with Crippen molar-refractivity contribution >= 4 is 23.4 Å². The average molecular weight is 475 g/mol. The molecular weight excluding hydrogens is 448 g/mol. The van der Waals surface area contributed by atoms with E-state index in [0.717, 1.165) is 30.2 Å². The van der Waals surface area contributed by atoms with Crippen LogP contribution in [0.15, 0.2) is 48.6 Å².